The Bertz CT molecular complexity index is 310. The quantitative estimate of drug-likeness (QED) is 0.708. The SMILES string of the molecule is CC(Cl)C(C)CC1Cc2ccccc2S1. The average Bonchev–Trinajstić information content (AvgIpc) is 2.59. The van der Waals surface area contributed by atoms with Crippen molar-refractivity contribution in [3.63, 3.8) is 0 Å². The van der Waals surface area contributed by atoms with Crippen LogP contribution in [0.3, 0.4) is 0 Å². The molecule has 15 heavy (non-hydrogen) atoms. The van der Waals surface area contributed by atoms with E-state index < -0.39 is 0 Å². The first kappa shape index (κ1) is 11.3. The molecule has 0 spiro atoms. The number of hydrogen-bond acceptors (Lipinski definition) is 1. The highest BCUT2D eigenvalue weighted by molar-refractivity contribution is 8.00. The molecule has 0 aromatic heterocycles. The Hall–Kier alpha value is -0.140. The standard InChI is InChI=1S/C13H17ClS/c1-9(10(2)14)7-12-8-11-5-3-4-6-13(11)15-12/h3-6,9-10,12H,7-8H2,1-2H3. The van der Waals surface area contributed by atoms with E-state index in [1.165, 1.54) is 23.3 Å². The van der Waals surface area contributed by atoms with Crippen LogP contribution in [0.15, 0.2) is 29.2 Å². The van der Waals surface area contributed by atoms with Crippen molar-refractivity contribution in [3.8, 4) is 0 Å². The Labute approximate surface area is 101 Å². The maximum atomic E-state index is 6.11. The van der Waals surface area contributed by atoms with Crippen LogP contribution in [-0.2, 0) is 6.42 Å². The predicted octanol–water partition coefficient (Wildman–Crippen LogP) is 4.36. The summed E-state index contributed by atoms with van der Waals surface area (Å²) in [5, 5.41) is 1.02. The van der Waals surface area contributed by atoms with Crippen LogP contribution in [0.5, 0.6) is 0 Å². The highest BCUT2D eigenvalue weighted by Crippen LogP contribution is 2.40. The number of thioether (sulfide) groups is 1. The average molecular weight is 241 g/mol. The summed E-state index contributed by atoms with van der Waals surface area (Å²) in [6.45, 7) is 4.35. The van der Waals surface area contributed by atoms with Gasteiger partial charge < -0.3 is 0 Å². The smallest absolute Gasteiger partial charge is 0.0333 e. The van der Waals surface area contributed by atoms with Crippen LogP contribution in [0.2, 0.25) is 0 Å². The summed E-state index contributed by atoms with van der Waals surface area (Å²) in [5.41, 5.74) is 1.52. The first-order valence-corrected chi connectivity index (χ1v) is 6.87. The summed E-state index contributed by atoms with van der Waals surface area (Å²) in [6.07, 6.45) is 2.44. The Morgan fingerprint density at radius 1 is 1.40 bits per heavy atom. The van der Waals surface area contributed by atoms with Crippen LogP contribution in [-0.4, -0.2) is 10.6 Å². The first-order chi connectivity index (χ1) is 7.16. The number of rotatable bonds is 3. The lowest BCUT2D eigenvalue weighted by Gasteiger charge is -2.17. The van der Waals surface area contributed by atoms with E-state index in [1.807, 2.05) is 11.8 Å². The van der Waals surface area contributed by atoms with Gasteiger partial charge in [0.1, 0.15) is 0 Å². The molecular weight excluding hydrogens is 224 g/mol. The van der Waals surface area contributed by atoms with Gasteiger partial charge >= 0.3 is 0 Å². The molecular formula is C13H17ClS. The minimum atomic E-state index is 0.286. The second-order valence-corrected chi connectivity index (χ2v) is 6.47. The van der Waals surface area contributed by atoms with E-state index in [4.69, 9.17) is 11.6 Å². The molecule has 0 saturated carbocycles. The van der Waals surface area contributed by atoms with E-state index in [0.717, 1.165) is 5.25 Å². The molecule has 0 bridgehead atoms. The highest BCUT2D eigenvalue weighted by Gasteiger charge is 2.24. The summed E-state index contributed by atoms with van der Waals surface area (Å²) >= 11 is 8.13. The number of halogens is 1. The molecule has 1 aliphatic rings. The van der Waals surface area contributed by atoms with Gasteiger partial charge in [-0.15, -0.1) is 23.4 Å². The lowest BCUT2D eigenvalue weighted by molar-refractivity contribution is 0.512. The number of hydrogen-bond donors (Lipinski definition) is 0. The van der Waals surface area contributed by atoms with E-state index in [1.54, 1.807) is 0 Å². The van der Waals surface area contributed by atoms with Crippen molar-refractivity contribution in [3.05, 3.63) is 29.8 Å². The number of alkyl halides is 1. The maximum absolute atomic E-state index is 6.11. The molecule has 3 unspecified atom stereocenters. The Balaban J connectivity index is 1.96. The van der Waals surface area contributed by atoms with Crippen molar-refractivity contribution < 1.29 is 0 Å². The van der Waals surface area contributed by atoms with E-state index in [-0.39, 0.29) is 5.38 Å². The molecule has 0 fully saturated rings. The molecule has 0 radical (unpaired) electrons. The van der Waals surface area contributed by atoms with Gasteiger partial charge in [0.2, 0.25) is 0 Å². The van der Waals surface area contributed by atoms with Gasteiger partial charge in [-0.2, -0.15) is 0 Å². The Kier molecular flexibility index (Phi) is 3.63. The molecule has 0 N–H and O–H groups in total. The number of fused-ring (bicyclic) bond motifs is 1. The van der Waals surface area contributed by atoms with E-state index in [9.17, 15) is 0 Å². The topological polar surface area (TPSA) is 0 Å². The zero-order chi connectivity index (χ0) is 10.8. The molecule has 1 heterocycles. The molecule has 1 aromatic rings. The van der Waals surface area contributed by atoms with Crippen molar-refractivity contribution in [2.45, 2.75) is 42.2 Å². The van der Waals surface area contributed by atoms with Gasteiger partial charge in [0.05, 0.1) is 0 Å². The minimum absolute atomic E-state index is 0.286. The zero-order valence-electron chi connectivity index (χ0n) is 9.24. The van der Waals surface area contributed by atoms with E-state index >= 15 is 0 Å². The van der Waals surface area contributed by atoms with Crippen LogP contribution >= 0.6 is 23.4 Å². The third-order valence-corrected chi connectivity index (χ3v) is 4.91. The summed E-state index contributed by atoms with van der Waals surface area (Å²) in [4.78, 5) is 1.47. The van der Waals surface area contributed by atoms with Crippen LogP contribution in [0.4, 0.5) is 0 Å². The van der Waals surface area contributed by atoms with Gasteiger partial charge in [0, 0.05) is 15.5 Å². The molecule has 3 atom stereocenters. The molecule has 0 nitrogen and oxygen atoms in total. The minimum Gasteiger partial charge on any atom is -0.123 e. The lowest BCUT2D eigenvalue weighted by atomic mass is 9.99. The lowest BCUT2D eigenvalue weighted by Crippen LogP contribution is -2.14. The summed E-state index contributed by atoms with van der Waals surface area (Å²) in [7, 11) is 0. The van der Waals surface area contributed by atoms with Crippen LogP contribution in [0.25, 0.3) is 0 Å². The van der Waals surface area contributed by atoms with Crippen molar-refractivity contribution in [2.24, 2.45) is 5.92 Å². The largest absolute Gasteiger partial charge is 0.123 e. The Morgan fingerprint density at radius 3 is 2.80 bits per heavy atom. The monoisotopic (exact) mass is 240 g/mol. The molecule has 82 valence electrons. The summed E-state index contributed by atoms with van der Waals surface area (Å²) in [5.74, 6) is 0.610. The normalized spacial score (nSPS) is 23.5. The second-order valence-electron chi connectivity index (χ2n) is 4.44. The van der Waals surface area contributed by atoms with Crippen molar-refractivity contribution >= 4 is 23.4 Å². The zero-order valence-corrected chi connectivity index (χ0v) is 10.8. The van der Waals surface area contributed by atoms with Crippen LogP contribution < -0.4 is 0 Å². The molecule has 0 amide bonds. The predicted molar refractivity (Wildman–Crippen MR) is 68.9 cm³/mol. The molecule has 2 heteroatoms. The van der Waals surface area contributed by atoms with Crippen molar-refractivity contribution in [1.82, 2.24) is 0 Å². The van der Waals surface area contributed by atoms with Gasteiger partial charge in [-0.3, -0.25) is 0 Å². The van der Waals surface area contributed by atoms with E-state index in [2.05, 4.69) is 38.1 Å². The van der Waals surface area contributed by atoms with Crippen LogP contribution in [0.1, 0.15) is 25.8 Å². The third kappa shape index (κ3) is 2.70. The summed E-state index contributed by atoms with van der Waals surface area (Å²) < 4.78 is 0. The van der Waals surface area contributed by atoms with Gasteiger partial charge in [-0.25, -0.2) is 0 Å². The second kappa shape index (κ2) is 4.80. The summed E-state index contributed by atoms with van der Waals surface area (Å²) in [6, 6.07) is 8.74. The third-order valence-electron chi connectivity index (χ3n) is 3.13. The number of benzene rings is 1. The van der Waals surface area contributed by atoms with Crippen LogP contribution in [0, 0.1) is 5.92 Å². The van der Waals surface area contributed by atoms with E-state index in [0.29, 0.717) is 5.92 Å². The fraction of sp³-hybridized carbons (Fsp3) is 0.538. The first-order valence-electron chi connectivity index (χ1n) is 5.55. The van der Waals surface area contributed by atoms with Crippen molar-refractivity contribution in [2.75, 3.05) is 0 Å². The van der Waals surface area contributed by atoms with Gasteiger partial charge in [-0.05, 0) is 37.3 Å². The fourth-order valence-corrected chi connectivity index (χ4v) is 3.57. The van der Waals surface area contributed by atoms with Gasteiger partial charge in [-0.1, -0.05) is 25.1 Å². The Morgan fingerprint density at radius 2 is 2.13 bits per heavy atom. The van der Waals surface area contributed by atoms with Gasteiger partial charge in [0.15, 0.2) is 0 Å². The maximum Gasteiger partial charge on any atom is 0.0333 e. The molecule has 0 saturated heterocycles. The van der Waals surface area contributed by atoms with Crippen molar-refractivity contribution in [1.29, 1.82) is 0 Å². The van der Waals surface area contributed by atoms with Gasteiger partial charge in [0.25, 0.3) is 0 Å². The fourth-order valence-electron chi connectivity index (χ4n) is 1.99. The molecule has 0 aliphatic carbocycles. The molecule has 1 aliphatic heterocycles. The molecule has 2 rings (SSSR count). The highest BCUT2D eigenvalue weighted by atomic mass is 35.5. The molecule has 1 aromatic carbocycles.